The normalized spacial score (nSPS) is 20.9. The van der Waals surface area contributed by atoms with E-state index in [0.29, 0.717) is 31.0 Å². The van der Waals surface area contributed by atoms with Gasteiger partial charge in [0.05, 0.1) is 42.7 Å². The third-order valence-electron chi connectivity index (χ3n) is 10.6. The van der Waals surface area contributed by atoms with E-state index in [0.717, 1.165) is 91.9 Å². The summed E-state index contributed by atoms with van der Waals surface area (Å²) in [5, 5.41) is 11.3. The van der Waals surface area contributed by atoms with Gasteiger partial charge in [0, 0.05) is 73.0 Å². The van der Waals surface area contributed by atoms with Crippen LogP contribution in [-0.4, -0.2) is 73.9 Å². The number of anilines is 1. The molecule has 3 fully saturated rings. The summed E-state index contributed by atoms with van der Waals surface area (Å²) >= 11 is 0. The molecule has 1 aromatic carbocycles. The minimum Gasteiger partial charge on any atom is -0.449 e. The van der Waals surface area contributed by atoms with E-state index in [1.807, 2.05) is 38.4 Å². The Morgan fingerprint density at radius 3 is 2.64 bits per heavy atom. The Hall–Kier alpha value is -4.28. The van der Waals surface area contributed by atoms with Crippen LogP contribution in [0.3, 0.4) is 0 Å². The molecule has 4 aromatic rings. The monoisotopic (exact) mass is 678 g/mol. The first-order chi connectivity index (χ1) is 24.3. The molecule has 1 N–H and O–H groups in total. The predicted octanol–water partition coefficient (Wildman–Crippen LogP) is 6.46. The molecule has 3 aliphatic rings. The lowest BCUT2D eigenvalue weighted by Gasteiger charge is -2.40. The highest BCUT2D eigenvalue weighted by molar-refractivity contribution is 5.81. The van der Waals surface area contributed by atoms with Crippen LogP contribution in [0.15, 0.2) is 65.8 Å². The van der Waals surface area contributed by atoms with Gasteiger partial charge in [0.15, 0.2) is 5.43 Å². The number of aryl methyl sites for hydroxylation is 2. The van der Waals surface area contributed by atoms with E-state index in [4.69, 9.17) is 4.74 Å². The van der Waals surface area contributed by atoms with Crippen molar-refractivity contribution in [1.29, 1.82) is 0 Å². The van der Waals surface area contributed by atoms with E-state index < -0.39 is 6.10 Å². The maximum absolute atomic E-state index is 14.4. The molecular weight excluding hydrogens is 628 g/mol. The van der Waals surface area contributed by atoms with E-state index in [1.165, 1.54) is 5.56 Å². The second-order valence-corrected chi connectivity index (χ2v) is 14.5. The number of aliphatic hydroxyl groups excluding tert-OH is 1. The average molecular weight is 679 g/mol. The number of carbonyl (C=O) groups excluding carboxylic acids is 1. The Morgan fingerprint density at radius 2 is 1.88 bits per heavy atom. The van der Waals surface area contributed by atoms with Gasteiger partial charge in [-0.1, -0.05) is 19.4 Å². The summed E-state index contributed by atoms with van der Waals surface area (Å²) in [6.07, 6.45) is 11.4. The molecule has 1 unspecified atom stereocenters. The number of hydrogen-bond donors (Lipinski definition) is 1. The summed E-state index contributed by atoms with van der Waals surface area (Å²) in [4.78, 5) is 42.9. The lowest BCUT2D eigenvalue weighted by molar-refractivity contribution is 0.0922. The quantitative estimate of drug-likeness (QED) is 0.180. The first-order valence-electron chi connectivity index (χ1n) is 18.4. The van der Waals surface area contributed by atoms with E-state index in [-0.39, 0.29) is 30.2 Å². The van der Waals surface area contributed by atoms with Gasteiger partial charge in [-0.15, -0.1) is 0 Å². The number of aromatic nitrogens is 3. The van der Waals surface area contributed by atoms with Crippen molar-refractivity contribution in [2.45, 2.75) is 103 Å². The standard InChI is InChI=1S/C40H50N6O4/c1-4-5-17-50-40(49)46-26-35(47)20-37(46)30-9-13-36-38(19-30)45(32-11-12-32)24-31(39(36)48)23-44(22-29-14-15-41-28(3)18-29)34-7-6-16-43(25-34)33-10-8-27(2)42-21-33/h8-10,13-15,18-19,21,24,32,34-35,37,47H,4-7,11-12,16-17,20,22-23,25-26H2,1-3H3/t34-,35+,37?/m0/s1. The predicted molar refractivity (Wildman–Crippen MR) is 195 cm³/mol. The molecule has 50 heavy (non-hydrogen) atoms. The first kappa shape index (κ1) is 34.2. The van der Waals surface area contributed by atoms with Crippen molar-refractivity contribution in [3.63, 3.8) is 0 Å². The number of nitrogens with zero attached hydrogens (tertiary/aromatic N) is 6. The van der Waals surface area contributed by atoms with Crippen molar-refractivity contribution in [3.8, 4) is 0 Å². The SMILES string of the molecule is CCCCOC(=O)N1C[C@H](O)CC1c1ccc2c(=O)c(CN(Cc3ccnc(C)c3)[C@H]3CCCN(c4ccc(C)nc4)C3)cn(C3CC3)c2c1. The summed E-state index contributed by atoms with van der Waals surface area (Å²) in [6.45, 7) is 9.83. The average Bonchev–Trinajstić information content (AvgIpc) is 3.89. The van der Waals surface area contributed by atoms with Gasteiger partial charge < -0.3 is 19.3 Å². The molecule has 0 bridgehead atoms. The van der Waals surface area contributed by atoms with Gasteiger partial charge in [-0.05, 0) is 99.9 Å². The van der Waals surface area contributed by atoms with Gasteiger partial charge in [-0.2, -0.15) is 0 Å². The fourth-order valence-electron chi connectivity index (χ4n) is 7.72. The number of benzene rings is 1. The lowest BCUT2D eigenvalue weighted by Crippen LogP contribution is -2.48. The molecule has 10 nitrogen and oxygen atoms in total. The molecule has 5 heterocycles. The summed E-state index contributed by atoms with van der Waals surface area (Å²) < 4.78 is 7.84. The number of likely N-dealkylation sites (tertiary alicyclic amines) is 1. The first-order valence-corrected chi connectivity index (χ1v) is 18.4. The van der Waals surface area contributed by atoms with Crippen molar-refractivity contribution in [3.05, 3.63) is 99.4 Å². The Kier molecular flexibility index (Phi) is 10.2. The molecule has 2 saturated heterocycles. The fourth-order valence-corrected chi connectivity index (χ4v) is 7.72. The van der Waals surface area contributed by atoms with Crippen LogP contribution in [0.25, 0.3) is 10.9 Å². The molecule has 2 aliphatic heterocycles. The van der Waals surface area contributed by atoms with Gasteiger partial charge in [0.1, 0.15) is 0 Å². The second kappa shape index (κ2) is 14.9. The Morgan fingerprint density at radius 1 is 1.02 bits per heavy atom. The number of pyridine rings is 3. The molecular formula is C40H50N6O4. The van der Waals surface area contributed by atoms with E-state index in [1.54, 1.807) is 4.90 Å². The van der Waals surface area contributed by atoms with Crippen LogP contribution in [0.4, 0.5) is 10.5 Å². The third kappa shape index (κ3) is 7.56. The summed E-state index contributed by atoms with van der Waals surface area (Å²) in [6, 6.07) is 14.7. The number of fused-ring (bicyclic) bond motifs is 1. The minimum absolute atomic E-state index is 0.0528. The summed E-state index contributed by atoms with van der Waals surface area (Å²) in [5.41, 5.74) is 6.99. The Bertz CT molecular complexity index is 1870. The Balaban J connectivity index is 1.20. The van der Waals surface area contributed by atoms with Gasteiger partial charge in [-0.3, -0.25) is 24.6 Å². The van der Waals surface area contributed by atoms with Gasteiger partial charge >= 0.3 is 6.09 Å². The van der Waals surface area contributed by atoms with Crippen molar-refractivity contribution in [1.82, 2.24) is 24.3 Å². The maximum atomic E-state index is 14.4. The van der Waals surface area contributed by atoms with E-state index in [9.17, 15) is 14.7 Å². The van der Waals surface area contributed by atoms with Gasteiger partial charge in [-0.25, -0.2) is 4.79 Å². The molecule has 0 spiro atoms. The molecule has 10 heteroatoms. The van der Waals surface area contributed by atoms with Crippen molar-refractivity contribution in [2.75, 3.05) is 31.1 Å². The number of rotatable bonds is 11. The molecule has 0 radical (unpaired) electrons. The molecule has 1 amide bonds. The number of piperidine rings is 1. The Labute approximate surface area is 294 Å². The number of unbranched alkanes of at least 4 members (excludes halogenated alkanes) is 1. The number of aliphatic hydroxyl groups is 1. The number of carbonyl (C=O) groups is 1. The lowest BCUT2D eigenvalue weighted by atomic mass is 9.99. The number of ether oxygens (including phenoxy) is 1. The largest absolute Gasteiger partial charge is 0.449 e. The zero-order valence-electron chi connectivity index (χ0n) is 29.6. The highest BCUT2D eigenvalue weighted by Crippen LogP contribution is 2.39. The van der Waals surface area contributed by atoms with Crippen molar-refractivity contribution in [2.24, 2.45) is 0 Å². The smallest absolute Gasteiger partial charge is 0.410 e. The van der Waals surface area contributed by atoms with Crippen LogP contribution in [0.2, 0.25) is 0 Å². The minimum atomic E-state index is -0.615. The van der Waals surface area contributed by atoms with E-state index >= 15 is 0 Å². The maximum Gasteiger partial charge on any atom is 0.410 e. The van der Waals surface area contributed by atoms with Crippen LogP contribution >= 0.6 is 0 Å². The number of hydrogen-bond acceptors (Lipinski definition) is 8. The zero-order chi connectivity index (χ0) is 34.8. The summed E-state index contributed by atoms with van der Waals surface area (Å²) in [5.74, 6) is 0. The van der Waals surface area contributed by atoms with Crippen LogP contribution in [0, 0.1) is 13.8 Å². The topological polar surface area (TPSA) is 104 Å². The molecule has 3 atom stereocenters. The van der Waals surface area contributed by atoms with Crippen LogP contribution in [0.5, 0.6) is 0 Å². The van der Waals surface area contributed by atoms with Crippen LogP contribution < -0.4 is 10.3 Å². The van der Waals surface area contributed by atoms with Crippen molar-refractivity contribution >= 4 is 22.7 Å². The molecule has 264 valence electrons. The van der Waals surface area contributed by atoms with Crippen LogP contribution in [0.1, 0.15) is 92.0 Å². The van der Waals surface area contributed by atoms with E-state index in [2.05, 4.69) is 67.8 Å². The number of β-amino-alcohol motifs (C(OH)–C–C–N with tert-alkyl or cyclic N) is 1. The van der Waals surface area contributed by atoms with Crippen LogP contribution in [-0.2, 0) is 17.8 Å². The fraction of sp³-hybridized carbons (Fsp3) is 0.500. The van der Waals surface area contributed by atoms with Gasteiger partial charge in [0.25, 0.3) is 0 Å². The molecule has 7 rings (SSSR count). The van der Waals surface area contributed by atoms with Gasteiger partial charge in [0.2, 0.25) is 0 Å². The second-order valence-electron chi connectivity index (χ2n) is 14.5. The third-order valence-corrected chi connectivity index (χ3v) is 10.6. The summed E-state index contributed by atoms with van der Waals surface area (Å²) in [7, 11) is 0. The molecule has 1 saturated carbocycles. The highest BCUT2D eigenvalue weighted by atomic mass is 16.6. The number of amides is 1. The highest BCUT2D eigenvalue weighted by Gasteiger charge is 2.37. The molecule has 1 aliphatic carbocycles. The zero-order valence-corrected chi connectivity index (χ0v) is 29.6. The van der Waals surface area contributed by atoms with Crippen molar-refractivity contribution < 1.29 is 14.6 Å². The molecule has 3 aromatic heterocycles.